The van der Waals surface area contributed by atoms with E-state index in [0.29, 0.717) is 6.04 Å². The van der Waals surface area contributed by atoms with Gasteiger partial charge in [-0.3, -0.25) is 14.7 Å². The zero-order chi connectivity index (χ0) is 20.8. The van der Waals surface area contributed by atoms with Crippen molar-refractivity contribution in [2.24, 2.45) is 0 Å². The van der Waals surface area contributed by atoms with E-state index in [1.54, 1.807) is 11.3 Å². The Morgan fingerprint density at radius 2 is 2.00 bits per heavy atom. The zero-order valence-corrected chi connectivity index (χ0v) is 18.0. The van der Waals surface area contributed by atoms with Crippen molar-refractivity contribution in [2.45, 2.75) is 44.7 Å². The molecular formula is C24H29N3O2S. The first-order valence-corrected chi connectivity index (χ1v) is 11.6. The normalized spacial score (nSPS) is 17.7. The second-order valence-corrected chi connectivity index (χ2v) is 8.97. The van der Waals surface area contributed by atoms with Crippen LogP contribution < -0.4 is 5.32 Å². The number of carbonyl (C=O) groups is 1. The highest BCUT2D eigenvalue weighted by Gasteiger charge is 2.26. The van der Waals surface area contributed by atoms with Crippen LogP contribution in [0.25, 0.3) is 10.1 Å². The quantitative estimate of drug-likeness (QED) is 0.603. The first-order chi connectivity index (χ1) is 14.8. The van der Waals surface area contributed by atoms with Gasteiger partial charge < -0.3 is 10.4 Å². The van der Waals surface area contributed by atoms with Crippen LogP contribution in [-0.4, -0.2) is 46.6 Å². The van der Waals surface area contributed by atoms with Crippen molar-refractivity contribution in [3.63, 3.8) is 0 Å². The van der Waals surface area contributed by atoms with E-state index >= 15 is 0 Å². The summed E-state index contributed by atoms with van der Waals surface area (Å²) in [7, 11) is 0. The molecule has 158 valence electrons. The maximum atomic E-state index is 12.8. The standard InChI is InChI=1S/C24H29N3O2S/c28-15-13-26-24(29)23-21(20-7-3-4-8-22(20)30-23)16-19-6-2-1-5-14-27(19)17-18-9-11-25-12-10-18/h3-4,7-12,19,28H,1-2,5-6,13-17H2,(H,26,29). The Morgan fingerprint density at radius 1 is 1.17 bits per heavy atom. The highest BCUT2D eigenvalue weighted by atomic mass is 32.1. The Balaban J connectivity index is 1.64. The van der Waals surface area contributed by atoms with Crippen LogP contribution in [0.15, 0.2) is 48.8 Å². The number of benzene rings is 1. The second-order valence-electron chi connectivity index (χ2n) is 7.92. The molecule has 5 nitrogen and oxygen atoms in total. The lowest BCUT2D eigenvalue weighted by molar-refractivity contribution is 0.0947. The maximum Gasteiger partial charge on any atom is 0.261 e. The molecule has 2 N–H and O–H groups in total. The fourth-order valence-electron chi connectivity index (χ4n) is 4.37. The minimum atomic E-state index is -0.0745. The number of rotatable bonds is 7. The van der Waals surface area contributed by atoms with E-state index in [1.807, 2.05) is 18.5 Å². The van der Waals surface area contributed by atoms with Crippen molar-refractivity contribution in [3.05, 3.63) is 64.8 Å². The van der Waals surface area contributed by atoms with Crippen LogP contribution in [0.4, 0.5) is 0 Å². The predicted molar refractivity (Wildman–Crippen MR) is 122 cm³/mol. The van der Waals surface area contributed by atoms with Gasteiger partial charge in [-0.2, -0.15) is 0 Å². The first kappa shape index (κ1) is 21.0. The largest absolute Gasteiger partial charge is 0.395 e. The molecule has 1 unspecified atom stereocenters. The summed E-state index contributed by atoms with van der Waals surface area (Å²) < 4.78 is 1.15. The van der Waals surface area contributed by atoms with Gasteiger partial charge in [-0.1, -0.05) is 31.0 Å². The molecule has 6 heteroatoms. The number of nitrogens with one attached hydrogen (secondary N) is 1. The van der Waals surface area contributed by atoms with E-state index < -0.39 is 0 Å². The number of thiophene rings is 1. The van der Waals surface area contributed by atoms with E-state index in [4.69, 9.17) is 5.11 Å². The molecule has 1 aliphatic rings. The van der Waals surface area contributed by atoms with E-state index in [1.165, 1.54) is 30.2 Å². The van der Waals surface area contributed by atoms with Crippen molar-refractivity contribution in [3.8, 4) is 0 Å². The van der Waals surface area contributed by atoms with Crippen LogP contribution in [0.1, 0.15) is 46.5 Å². The van der Waals surface area contributed by atoms with Gasteiger partial charge in [-0.25, -0.2) is 0 Å². The summed E-state index contributed by atoms with van der Waals surface area (Å²) in [6.07, 6.45) is 9.44. The number of nitrogens with zero attached hydrogens (tertiary/aromatic N) is 2. The smallest absolute Gasteiger partial charge is 0.261 e. The fourth-order valence-corrected chi connectivity index (χ4v) is 5.52. The molecule has 0 bridgehead atoms. The monoisotopic (exact) mass is 423 g/mol. The molecule has 4 rings (SSSR count). The number of fused-ring (bicyclic) bond motifs is 1. The van der Waals surface area contributed by atoms with Gasteiger partial charge in [0.2, 0.25) is 0 Å². The summed E-state index contributed by atoms with van der Waals surface area (Å²) in [5.74, 6) is -0.0745. The van der Waals surface area contributed by atoms with E-state index in [2.05, 4.69) is 45.5 Å². The van der Waals surface area contributed by atoms with E-state index in [0.717, 1.165) is 41.1 Å². The topological polar surface area (TPSA) is 65.5 Å². The first-order valence-electron chi connectivity index (χ1n) is 10.8. The van der Waals surface area contributed by atoms with Crippen LogP contribution in [0, 0.1) is 0 Å². The third-order valence-electron chi connectivity index (χ3n) is 5.88. The molecule has 30 heavy (non-hydrogen) atoms. The molecular weight excluding hydrogens is 394 g/mol. The van der Waals surface area contributed by atoms with Crippen LogP contribution in [-0.2, 0) is 13.0 Å². The van der Waals surface area contributed by atoms with Crippen molar-refractivity contribution >= 4 is 27.3 Å². The van der Waals surface area contributed by atoms with Crippen molar-refractivity contribution < 1.29 is 9.90 Å². The molecule has 2 aromatic heterocycles. The fraction of sp³-hybridized carbons (Fsp3) is 0.417. The number of aliphatic hydroxyl groups is 1. The molecule has 3 aromatic rings. The van der Waals surface area contributed by atoms with E-state index in [-0.39, 0.29) is 19.1 Å². The number of hydrogen-bond acceptors (Lipinski definition) is 5. The highest BCUT2D eigenvalue weighted by molar-refractivity contribution is 7.21. The summed E-state index contributed by atoms with van der Waals surface area (Å²) in [4.78, 5) is 20.4. The van der Waals surface area contributed by atoms with Gasteiger partial charge >= 0.3 is 0 Å². The lowest BCUT2D eigenvalue weighted by atomic mass is 9.97. The SMILES string of the molecule is O=C(NCCO)c1sc2ccccc2c1CC1CCCCCN1Cc1ccncc1. The molecule has 1 aromatic carbocycles. The molecule has 1 fully saturated rings. The summed E-state index contributed by atoms with van der Waals surface area (Å²) in [5.41, 5.74) is 2.44. The lowest BCUT2D eigenvalue weighted by Crippen LogP contribution is -2.36. The summed E-state index contributed by atoms with van der Waals surface area (Å²) in [6, 6.07) is 12.9. The van der Waals surface area contributed by atoms with Crippen molar-refractivity contribution in [1.82, 2.24) is 15.2 Å². The molecule has 0 aliphatic carbocycles. The van der Waals surface area contributed by atoms with Gasteiger partial charge in [0, 0.05) is 36.2 Å². The highest BCUT2D eigenvalue weighted by Crippen LogP contribution is 2.34. The molecule has 0 radical (unpaired) electrons. The minimum absolute atomic E-state index is 0.0473. The Morgan fingerprint density at radius 3 is 2.83 bits per heavy atom. The number of pyridine rings is 1. The third kappa shape index (κ3) is 4.89. The predicted octanol–water partition coefficient (Wildman–Crippen LogP) is 4.01. The van der Waals surface area contributed by atoms with Crippen LogP contribution in [0.3, 0.4) is 0 Å². The molecule has 1 aliphatic heterocycles. The molecule has 1 saturated heterocycles. The maximum absolute atomic E-state index is 12.8. The zero-order valence-electron chi connectivity index (χ0n) is 17.2. The second kappa shape index (κ2) is 10.2. The van der Waals surface area contributed by atoms with Crippen molar-refractivity contribution in [2.75, 3.05) is 19.7 Å². The molecule has 1 amide bonds. The van der Waals surface area contributed by atoms with Gasteiger partial charge in [-0.15, -0.1) is 11.3 Å². The average molecular weight is 424 g/mol. The summed E-state index contributed by atoms with van der Waals surface area (Å²) in [5, 5.41) is 13.2. The van der Waals surface area contributed by atoms with Gasteiger partial charge in [0.25, 0.3) is 5.91 Å². The Kier molecular flexibility index (Phi) is 7.10. The molecule has 1 atom stereocenters. The molecule has 0 spiro atoms. The van der Waals surface area contributed by atoms with Gasteiger partial charge in [0.05, 0.1) is 11.5 Å². The van der Waals surface area contributed by atoms with Crippen LogP contribution >= 0.6 is 11.3 Å². The minimum Gasteiger partial charge on any atom is -0.395 e. The number of likely N-dealkylation sites (tertiary alicyclic amines) is 1. The third-order valence-corrected chi connectivity index (χ3v) is 7.09. The number of hydrogen-bond donors (Lipinski definition) is 2. The Labute approximate surface area is 181 Å². The number of aromatic nitrogens is 1. The van der Waals surface area contributed by atoms with E-state index in [9.17, 15) is 4.79 Å². The Hall–Kier alpha value is -2.28. The van der Waals surface area contributed by atoms with Crippen molar-refractivity contribution in [1.29, 1.82) is 0 Å². The van der Waals surface area contributed by atoms with Gasteiger partial charge in [-0.05, 0) is 60.5 Å². The average Bonchev–Trinajstić information content (AvgIpc) is 3.00. The number of aliphatic hydroxyl groups excluding tert-OH is 1. The van der Waals surface area contributed by atoms with Gasteiger partial charge in [0.15, 0.2) is 0 Å². The Bertz CT molecular complexity index is 973. The summed E-state index contributed by atoms with van der Waals surface area (Å²) in [6.45, 7) is 2.24. The molecule has 3 heterocycles. The van der Waals surface area contributed by atoms with Crippen LogP contribution in [0.2, 0.25) is 0 Å². The van der Waals surface area contributed by atoms with Crippen LogP contribution in [0.5, 0.6) is 0 Å². The molecule has 0 saturated carbocycles. The number of amides is 1. The van der Waals surface area contributed by atoms with Gasteiger partial charge in [0.1, 0.15) is 0 Å². The summed E-state index contributed by atoms with van der Waals surface area (Å²) >= 11 is 1.56. The lowest BCUT2D eigenvalue weighted by Gasteiger charge is -2.30. The number of carbonyl (C=O) groups excluding carboxylic acids is 1.